The molecule has 0 bridgehead atoms. The molecular weight excluding hydrogens is 551 g/mol. The summed E-state index contributed by atoms with van der Waals surface area (Å²) in [7, 11) is 0. The van der Waals surface area contributed by atoms with Crippen molar-refractivity contribution in [2.45, 2.75) is 38.1 Å². The number of anilines is 3. The number of carbonyl (C=O) groups excluding carboxylic acids is 1. The van der Waals surface area contributed by atoms with Crippen LogP contribution in [0, 0.1) is 5.92 Å². The zero-order chi connectivity index (χ0) is 26.7. The zero-order valence-electron chi connectivity index (χ0n) is 23.6. The second-order valence-corrected chi connectivity index (χ2v) is 11.2. The maximum atomic E-state index is 13.0. The maximum absolute atomic E-state index is 13.0. The molecule has 0 aromatic heterocycles. The van der Waals surface area contributed by atoms with Gasteiger partial charge in [0.25, 0.3) is 0 Å². The molecule has 6 rings (SSSR count). The molecule has 2 fully saturated rings. The van der Waals surface area contributed by atoms with Crippen molar-refractivity contribution < 1.29 is 4.79 Å². The topological polar surface area (TPSA) is 47.6 Å². The Morgan fingerprint density at radius 2 is 1.34 bits per heavy atom. The van der Waals surface area contributed by atoms with Gasteiger partial charge in [0, 0.05) is 48.8 Å². The van der Waals surface area contributed by atoms with E-state index in [1.807, 2.05) is 36.4 Å². The number of carbonyl (C=O) groups is 1. The summed E-state index contributed by atoms with van der Waals surface area (Å²) in [6.45, 7) is 6.54. The van der Waals surface area contributed by atoms with E-state index < -0.39 is 0 Å². The van der Waals surface area contributed by atoms with E-state index >= 15 is 0 Å². The molecule has 4 aromatic rings. The first-order valence-corrected chi connectivity index (χ1v) is 14.3. The molecule has 1 heterocycles. The molecular formula is C34H40Cl2N4O. The Labute approximate surface area is 256 Å². The normalized spacial score (nSPS) is 20.9. The number of amides is 2. The van der Waals surface area contributed by atoms with E-state index in [9.17, 15) is 4.79 Å². The van der Waals surface area contributed by atoms with E-state index in [-0.39, 0.29) is 36.4 Å². The lowest BCUT2D eigenvalue weighted by molar-refractivity contribution is 0.0299. The molecule has 2 aliphatic rings. The third-order valence-electron chi connectivity index (χ3n) is 8.77. The first-order valence-electron chi connectivity index (χ1n) is 14.3. The van der Waals surface area contributed by atoms with Gasteiger partial charge in [0.05, 0.1) is 0 Å². The van der Waals surface area contributed by atoms with Crippen LogP contribution in [0.5, 0.6) is 0 Å². The highest BCUT2D eigenvalue weighted by molar-refractivity contribution is 6.01. The van der Waals surface area contributed by atoms with Gasteiger partial charge in [-0.15, -0.1) is 24.8 Å². The van der Waals surface area contributed by atoms with E-state index in [0.29, 0.717) is 0 Å². The molecule has 216 valence electrons. The second-order valence-electron chi connectivity index (χ2n) is 11.2. The number of benzene rings is 4. The highest BCUT2D eigenvalue weighted by Gasteiger charge is 2.42. The van der Waals surface area contributed by atoms with Crippen molar-refractivity contribution in [1.82, 2.24) is 4.90 Å². The summed E-state index contributed by atoms with van der Waals surface area (Å²) in [4.78, 5) is 18.2. The fourth-order valence-electron chi connectivity index (χ4n) is 6.51. The van der Waals surface area contributed by atoms with E-state index in [4.69, 9.17) is 0 Å². The molecule has 1 aliphatic carbocycles. The van der Waals surface area contributed by atoms with Crippen LogP contribution in [0.25, 0.3) is 10.8 Å². The largest absolute Gasteiger partial charge is 0.369 e. The van der Waals surface area contributed by atoms with Crippen molar-refractivity contribution in [3.05, 3.63) is 103 Å². The first kappa shape index (κ1) is 30.7. The van der Waals surface area contributed by atoms with Crippen LogP contribution in [0.2, 0.25) is 0 Å². The molecule has 41 heavy (non-hydrogen) atoms. The van der Waals surface area contributed by atoms with Crippen LogP contribution in [0.4, 0.5) is 21.9 Å². The van der Waals surface area contributed by atoms with Gasteiger partial charge in [0.15, 0.2) is 0 Å². The van der Waals surface area contributed by atoms with Crippen LogP contribution in [0.15, 0.2) is 97.1 Å². The van der Waals surface area contributed by atoms with Crippen molar-refractivity contribution in [2.24, 2.45) is 5.92 Å². The van der Waals surface area contributed by atoms with Crippen LogP contribution in [-0.4, -0.2) is 37.1 Å². The van der Waals surface area contributed by atoms with Gasteiger partial charge in [-0.2, -0.15) is 0 Å². The van der Waals surface area contributed by atoms with E-state index in [2.05, 4.69) is 88.0 Å². The number of nitrogens with one attached hydrogen (secondary N) is 2. The van der Waals surface area contributed by atoms with Crippen LogP contribution in [-0.2, 0) is 5.54 Å². The lowest BCUT2D eigenvalue weighted by Crippen LogP contribution is -2.56. The van der Waals surface area contributed by atoms with Gasteiger partial charge in [-0.25, -0.2) is 4.79 Å². The third kappa shape index (κ3) is 6.81. The Morgan fingerprint density at radius 1 is 0.707 bits per heavy atom. The Hall–Kier alpha value is -3.25. The smallest absolute Gasteiger partial charge is 0.323 e. The summed E-state index contributed by atoms with van der Waals surface area (Å²) in [5.41, 5.74) is 4.28. The van der Waals surface area contributed by atoms with Crippen LogP contribution in [0.1, 0.15) is 38.2 Å². The number of hydrogen-bond donors (Lipinski definition) is 2. The number of hydrogen-bond acceptors (Lipinski definition) is 3. The maximum Gasteiger partial charge on any atom is 0.323 e. The van der Waals surface area contributed by atoms with E-state index in [0.717, 1.165) is 67.1 Å². The second kappa shape index (κ2) is 13.6. The van der Waals surface area contributed by atoms with E-state index in [1.54, 1.807) is 0 Å². The predicted molar refractivity (Wildman–Crippen MR) is 177 cm³/mol. The average Bonchev–Trinajstić information content (AvgIpc) is 2.98. The average molecular weight is 592 g/mol. The number of halogens is 2. The summed E-state index contributed by atoms with van der Waals surface area (Å²) in [5, 5.41) is 8.38. The molecule has 1 aliphatic heterocycles. The summed E-state index contributed by atoms with van der Waals surface area (Å²) in [5.74, 6) is 0.762. The fourth-order valence-corrected chi connectivity index (χ4v) is 6.51. The van der Waals surface area contributed by atoms with Gasteiger partial charge in [0.2, 0.25) is 0 Å². The molecule has 0 radical (unpaired) electrons. The fraction of sp³-hybridized carbons (Fsp3) is 0.324. The van der Waals surface area contributed by atoms with Crippen molar-refractivity contribution in [3.8, 4) is 0 Å². The summed E-state index contributed by atoms with van der Waals surface area (Å²) < 4.78 is 0. The minimum Gasteiger partial charge on any atom is -0.369 e. The molecule has 5 nitrogen and oxygen atoms in total. The van der Waals surface area contributed by atoms with Gasteiger partial charge in [-0.3, -0.25) is 4.90 Å². The Bertz CT molecular complexity index is 1430. The third-order valence-corrected chi connectivity index (χ3v) is 8.77. The zero-order valence-corrected chi connectivity index (χ0v) is 25.2. The Kier molecular flexibility index (Phi) is 10.2. The predicted octanol–water partition coefficient (Wildman–Crippen LogP) is 8.56. The minimum atomic E-state index is -0.217. The first-order chi connectivity index (χ1) is 19.1. The highest BCUT2D eigenvalue weighted by atomic mass is 35.5. The van der Waals surface area contributed by atoms with Crippen molar-refractivity contribution in [2.75, 3.05) is 41.7 Å². The number of piperazine rings is 1. The Morgan fingerprint density at radius 3 is 2.05 bits per heavy atom. The molecule has 1 saturated carbocycles. The minimum absolute atomic E-state index is 0. The monoisotopic (exact) mass is 590 g/mol. The molecule has 1 saturated heterocycles. The summed E-state index contributed by atoms with van der Waals surface area (Å²) in [6.07, 6.45) is 4.79. The lowest BCUT2D eigenvalue weighted by atomic mass is 9.71. The van der Waals surface area contributed by atoms with E-state index in [1.165, 1.54) is 24.1 Å². The molecule has 2 amide bonds. The van der Waals surface area contributed by atoms with Crippen molar-refractivity contribution >= 4 is 58.7 Å². The van der Waals surface area contributed by atoms with Gasteiger partial charge >= 0.3 is 6.03 Å². The number of fused-ring (bicyclic) bond motifs is 1. The van der Waals surface area contributed by atoms with Gasteiger partial charge in [0.1, 0.15) is 0 Å². The molecule has 2 N–H and O–H groups in total. The molecule has 0 atom stereocenters. The standard InChI is InChI=1S/C34H38N4O.2ClH/c1-26-16-18-34(19-17-26,38-22-20-37(21-23-38)32-12-3-2-4-13-32)29-10-7-11-30(25-29)35-33(39)36-31-15-14-27-8-5-6-9-28(27)24-31;;/h2-15,24-26H,16-23H2,1H3,(H2,35,36,39);2*1H. The van der Waals surface area contributed by atoms with Crippen LogP contribution in [0.3, 0.4) is 0 Å². The quantitative estimate of drug-likeness (QED) is 0.245. The summed E-state index contributed by atoms with van der Waals surface area (Å²) in [6, 6.07) is 33.3. The number of rotatable bonds is 5. The van der Waals surface area contributed by atoms with Crippen LogP contribution < -0.4 is 15.5 Å². The Balaban J connectivity index is 0.00000194. The number of urea groups is 1. The summed E-state index contributed by atoms with van der Waals surface area (Å²) >= 11 is 0. The number of para-hydroxylation sites is 1. The van der Waals surface area contributed by atoms with Gasteiger partial charge in [-0.05, 0) is 84.3 Å². The van der Waals surface area contributed by atoms with Crippen LogP contribution >= 0.6 is 24.8 Å². The highest BCUT2D eigenvalue weighted by Crippen LogP contribution is 2.45. The van der Waals surface area contributed by atoms with Gasteiger partial charge < -0.3 is 15.5 Å². The van der Waals surface area contributed by atoms with Crippen molar-refractivity contribution in [1.29, 1.82) is 0 Å². The number of nitrogens with zero attached hydrogens (tertiary/aromatic N) is 2. The molecule has 0 spiro atoms. The van der Waals surface area contributed by atoms with Gasteiger partial charge in [-0.1, -0.05) is 67.6 Å². The van der Waals surface area contributed by atoms with Crippen molar-refractivity contribution in [3.63, 3.8) is 0 Å². The molecule has 4 aromatic carbocycles. The molecule has 0 unspecified atom stereocenters. The lowest BCUT2D eigenvalue weighted by Gasteiger charge is -2.51. The SMILES string of the molecule is CC1CCC(c2cccc(NC(=O)Nc3ccc4ccccc4c3)c2)(N2CCN(c3ccccc3)CC2)CC1.Cl.Cl. The molecule has 7 heteroatoms.